The Labute approximate surface area is 87.3 Å². The summed E-state index contributed by atoms with van der Waals surface area (Å²) in [6, 6.07) is 4.85. The van der Waals surface area contributed by atoms with Crippen LogP contribution < -0.4 is 0 Å². The van der Waals surface area contributed by atoms with Crippen LogP contribution in [0, 0.1) is 0 Å². The summed E-state index contributed by atoms with van der Waals surface area (Å²) >= 11 is 0. The summed E-state index contributed by atoms with van der Waals surface area (Å²) in [5, 5.41) is 19.0. The molecule has 0 aliphatic rings. The van der Waals surface area contributed by atoms with Gasteiger partial charge in [0.1, 0.15) is 6.10 Å². The van der Waals surface area contributed by atoms with Crippen molar-refractivity contribution in [2.75, 3.05) is 6.61 Å². The number of carbonyl (C=O) groups excluding carboxylic acids is 1. The predicted octanol–water partition coefficient (Wildman–Crippen LogP) is 0.0390. The van der Waals surface area contributed by atoms with Gasteiger partial charge < -0.3 is 14.9 Å². The molecule has 0 spiro atoms. The number of nitrogens with zero attached hydrogens (tertiary/aromatic N) is 1. The third-order valence-electron chi connectivity index (χ3n) is 1.82. The first kappa shape index (κ1) is 11.6. The highest BCUT2D eigenvalue weighted by atomic mass is 16.5. The van der Waals surface area contributed by atoms with E-state index in [0.29, 0.717) is 0 Å². The van der Waals surface area contributed by atoms with Gasteiger partial charge in [0.25, 0.3) is 0 Å². The van der Waals surface area contributed by atoms with E-state index in [1.807, 2.05) is 0 Å². The Balaban J connectivity index is 2.68. The number of pyridine rings is 1. The third-order valence-corrected chi connectivity index (χ3v) is 1.82. The fourth-order valence-electron chi connectivity index (χ4n) is 1.07. The molecule has 0 amide bonds. The van der Waals surface area contributed by atoms with Gasteiger partial charge >= 0.3 is 5.97 Å². The molecule has 2 atom stereocenters. The highest BCUT2D eigenvalue weighted by Gasteiger charge is 2.27. The third kappa shape index (κ3) is 3.00. The van der Waals surface area contributed by atoms with Crippen LogP contribution in [0.2, 0.25) is 0 Å². The zero-order valence-electron chi connectivity index (χ0n) is 8.33. The molecule has 0 fully saturated rings. The first-order valence-electron chi connectivity index (χ1n) is 4.60. The van der Waals surface area contributed by atoms with Crippen molar-refractivity contribution in [3.63, 3.8) is 0 Å². The Hall–Kier alpha value is -1.46. The second-order valence-electron chi connectivity index (χ2n) is 2.90. The van der Waals surface area contributed by atoms with E-state index >= 15 is 0 Å². The summed E-state index contributed by atoms with van der Waals surface area (Å²) in [6.45, 7) is 1.78. The van der Waals surface area contributed by atoms with E-state index in [1.54, 1.807) is 19.1 Å². The Morgan fingerprint density at radius 1 is 1.53 bits per heavy atom. The van der Waals surface area contributed by atoms with Crippen LogP contribution in [0.15, 0.2) is 24.4 Å². The number of hydrogen-bond acceptors (Lipinski definition) is 5. The van der Waals surface area contributed by atoms with E-state index in [4.69, 9.17) is 0 Å². The van der Waals surface area contributed by atoms with Gasteiger partial charge in [0, 0.05) is 6.20 Å². The van der Waals surface area contributed by atoms with E-state index in [1.165, 1.54) is 12.3 Å². The molecule has 0 aromatic carbocycles. The lowest BCUT2D eigenvalue weighted by molar-refractivity contribution is -0.159. The Kier molecular flexibility index (Phi) is 4.20. The molecule has 5 nitrogen and oxygen atoms in total. The normalized spacial score (nSPS) is 14.3. The number of aliphatic hydroxyl groups excluding tert-OH is 2. The minimum Gasteiger partial charge on any atom is -0.464 e. The van der Waals surface area contributed by atoms with E-state index in [9.17, 15) is 15.0 Å². The lowest BCUT2D eigenvalue weighted by atomic mass is 10.1. The summed E-state index contributed by atoms with van der Waals surface area (Å²) < 4.78 is 4.57. The molecule has 1 rings (SSSR count). The van der Waals surface area contributed by atoms with Gasteiger partial charge in [0.15, 0.2) is 6.10 Å². The van der Waals surface area contributed by atoms with Gasteiger partial charge in [-0.25, -0.2) is 4.79 Å². The molecule has 0 aliphatic heterocycles. The molecular formula is C10H13NO4. The van der Waals surface area contributed by atoms with Gasteiger partial charge in [-0.3, -0.25) is 4.98 Å². The average Bonchev–Trinajstić information content (AvgIpc) is 2.28. The van der Waals surface area contributed by atoms with E-state index in [0.717, 1.165) is 0 Å². The molecule has 1 aromatic heterocycles. The van der Waals surface area contributed by atoms with Crippen molar-refractivity contribution < 1.29 is 19.7 Å². The molecule has 1 heterocycles. The molecule has 82 valence electrons. The first-order valence-corrected chi connectivity index (χ1v) is 4.60. The fraction of sp³-hybridized carbons (Fsp3) is 0.400. The van der Waals surface area contributed by atoms with Gasteiger partial charge in [-0.05, 0) is 19.1 Å². The molecular weight excluding hydrogens is 198 g/mol. The van der Waals surface area contributed by atoms with Gasteiger partial charge in [-0.2, -0.15) is 0 Å². The van der Waals surface area contributed by atoms with Crippen LogP contribution in [-0.2, 0) is 9.53 Å². The second kappa shape index (κ2) is 5.43. The van der Waals surface area contributed by atoms with Crippen molar-refractivity contribution in [1.29, 1.82) is 0 Å². The summed E-state index contributed by atoms with van der Waals surface area (Å²) in [5.41, 5.74) is 0.234. The lowest BCUT2D eigenvalue weighted by Gasteiger charge is -2.15. The van der Waals surface area contributed by atoms with Gasteiger partial charge in [-0.15, -0.1) is 0 Å². The Morgan fingerprint density at radius 2 is 2.27 bits per heavy atom. The minimum atomic E-state index is -1.60. The fourth-order valence-corrected chi connectivity index (χ4v) is 1.07. The number of rotatable bonds is 4. The van der Waals surface area contributed by atoms with Crippen LogP contribution in [0.1, 0.15) is 18.7 Å². The average molecular weight is 211 g/mol. The van der Waals surface area contributed by atoms with Crippen LogP contribution in [0.5, 0.6) is 0 Å². The summed E-state index contributed by atoms with van der Waals surface area (Å²) in [5.74, 6) is -0.851. The number of ether oxygens (including phenoxy) is 1. The number of aromatic nitrogens is 1. The van der Waals surface area contributed by atoms with Crippen LogP contribution in [0.4, 0.5) is 0 Å². The number of carbonyl (C=O) groups is 1. The van der Waals surface area contributed by atoms with Gasteiger partial charge in [-0.1, -0.05) is 6.07 Å². The van der Waals surface area contributed by atoms with Crippen LogP contribution in [-0.4, -0.2) is 33.9 Å². The number of esters is 1. The Bertz CT molecular complexity index is 314. The molecule has 0 unspecified atom stereocenters. The quantitative estimate of drug-likeness (QED) is 0.687. The molecule has 15 heavy (non-hydrogen) atoms. The van der Waals surface area contributed by atoms with Crippen LogP contribution in [0.25, 0.3) is 0 Å². The van der Waals surface area contributed by atoms with Crippen molar-refractivity contribution in [2.45, 2.75) is 19.1 Å². The second-order valence-corrected chi connectivity index (χ2v) is 2.90. The highest BCUT2D eigenvalue weighted by Crippen LogP contribution is 2.14. The van der Waals surface area contributed by atoms with E-state index in [-0.39, 0.29) is 12.3 Å². The van der Waals surface area contributed by atoms with Crippen LogP contribution >= 0.6 is 0 Å². The SMILES string of the molecule is CCOC(=O)[C@@H](O)[C@H](O)c1ccccn1. The Morgan fingerprint density at radius 3 is 2.80 bits per heavy atom. The van der Waals surface area contributed by atoms with Gasteiger partial charge in [0.05, 0.1) is 12.3 Å². The maximum atomic E-state index is 11.1. The maximum absolute atomic E-state index is 11.1. The molecule has 0 saturated heterocycles. The summed E-state index contributed by atoms with van der Waals surface area (Å²) in [4.78, 5) is 14.9. The molecule has 2 N–H and O–H groups in total. The lowest BCUT2D eigenvalue weighted by Crippen LogP contribution is -2.30. The minimum absolute atomic E-state index is 0.158. The maximum Gasteiger partial charge on any atom is 0.338 e. The highest BCUT2D eigenvalue weighted by molar-refractivity contribution is 5.75. The van der Waals surface area contributed by atoms with Crippen molar-refractivity contribution in [1.82, 2.24) is 4.98 Å². The topological polar surface area (TPSA) is 79.7 Å². The van der Waals surface area contributed by atoms with Gasteiger partial charge in [0.2, 0.25) is 0 Å². The van der Waals surface area contributed by atoms with E-state index < -0.39 is 18.2 Å². The smallest absolute Gasteiger partial charge is 0.338 e. The number of aliphatic hydroxyl groups is 2. The predicted molar refractivity (Wildman–Crippen MR) is 51.8 cm³/mol. The largest absolute Gasteiger partial charge is 0.464 e. The standard InChI is InChI=1S/C10H13NO4/c1-2-15-10(14)9(13)8(12)7-5-3-4-6-11-7/h3-6,8-9,12-13H,2H2,1H3/t8-,9+/m1/s1. The molecule has 0 aliphatic carbocycles. The zero-order chi connectivity index (χ0) is 11.3. The monoisotopic (exact) mass is 211 g/mol. The van der Waals surface area contributed by atoms with E-state index in [2.05, 4.69) is 9.72 Å². The van der Waals surface area contributed by atoms with Crippen LogP contribution in [0.3, 0.4) is 0 Å². The molecule has 1 aromatic rings. The first-order chi connectivity index (χ1) is 7.16. The summed E-state index contributed by atoms with van der Waals surface area (Å²) in [7, 11) is 0. The molecule has 0 bridgehead atoms. The molecule has 0 saturated carbocycles. The number of hydrogen-bond donors (Lipinski definition) is 2. The molecule has 0 radical (unpaired) electrons. The van der Waals surface area contributed by atoms with Crippen molar-refractivity contribution in [3.8, 4) is 0 Å². The van der Waals surface area contributed by atoms with Crippen molar-refractivity contribution in [2.24, 2.45) is 0 Å². The zero-order valence-corrected chi connectivity index (χ0v) is 8.33. The van der Waals surface area contributed by atoms with Crippen molar-refractivity contribution >= 4 is 5.97 Å². The summed E-state index contributed by atoms with van der Waals surface area (Å²) in [6.07, 6.45) is -1.48. The molecule has 5 heteroatoms. The van der Waals surface area contributed by atoms with Crippen molar-refractivity contribution in [3.05, 3.63) is 30.1 Å².